The molecule has 0 aliphatic carbocycles. The number of anilines is 1. The first-order valence-corrected chi connectivity index (χ1v) is 9.20. The molecule has 0 unspecified atom stereocenters. The average Bonchev–Trinajstić information content (AvgIpc) is 3.17. The molecule has 2 heterocycles. The van der Waals surface area contributed by atoms with Crippen molar-refractivity contribution in [2.75, 3.05) is 31.1 Å². The van der Waals surface area contributed by atoms with E-state index >= 15 is 0 Å². The Labute approximate surface area is 162 Å². The Morgan fingerprint density at radius 3 is 2.57 bits per heavy atom. The van der Waals surface area contributed by atoms with Crippen molar-refractivity contribution in [1.82, 2.24) is 15.0 Å². The van der Waals surface area contributed by atoms with E-state index in [9.17, 15) is 10.1 Å². The number of aryl methyl sites for hydroxylation is 1. The summed E-state index contributed by atoms with van der Waals surface area (Å²) in [6.45, 7) is 5.87. The van der Waals surface area contributed by atoms with Crippen LogP contribution >= 0.6 is 0 Å². The summed E-state index contributed by atoms with van der Waals surface area (Å²) in [6, 6.07) is 14.8. The van der Waals surface area contributed by atoms with Crippen molar-refractivity contribution < 1.29 is 9.45 Å². The maximum Gasteiger partial charge on any atom is 0.271 e. The minimum Gasteiger partial charge on any atom is -0.369 e. The monoisotopic (exact) mass is 379 g/mol. The number of hydrogen-bond donors (Lipinski definition) is 0. The summed E-state index contributed by atoms with van der Waals surface area (Å²) in [5.41, 5.74) is 3.13. The minimum atomic E-state index is -0.360. The Kier molecular flexibility index (Phi) is 5.03. The highest BCUT2D eigenvalue weighted by Crippen LogP contribution is 2.23. The molecule has 0 bridgehead atoms. The van der Waals surface area contributed by atoms with Gasteiger partial charge in [-0.05, 0) is 13.0 Å². The molecule has 4 rings (SSSR count). The molecule has 0 radical (unpaired) electrons. The van der Waals surface area contributed by atoms with Gasteiger partial charge in [-0.15, -0.1) is 0 Å². The predicted octanol–water partition coefficient (Wildman–Crippen LogP) is 3.28. The van der Waals surface area contributed by atoms with Gasteiger partial charge in [0, 0.05) is 49.6 Å². The lowest BCUT2D eigenvalue weighted by atomic mass is 10.1. The van der Waals surface area contributed by atoms with Gasteiger partial charge in [-0.2, -0.15) is 4.98 Å². The number of rotatable bonds is 5. The molecule has 8 nitrogen and oxygen atoms in total. The molecule has 0 amide bonds. The van der Waals surface area contributed by atoms with E-state index in [-0.39, 0.29) is 10.6 Å². The van der Waals surface area contributed by atoms with Gasteiger partial charge < -0.3 is 9.42 Å². The van der Waals surface area contributed by atoms with Crippen LogP contribution in [0.25, 0.3) is 11.4 Å². The fraction of sp³-hybridized carbons (Fsp3) is 0.300. The van der Waals surface area contributed by atoms with E-state index in [0.717, 1.165) is 37.4 Å². The Morgan fingerprint density at radius 1 is 1.11 bits per heavy atom. The van der Waals surface area contributed by atoms with Gasteiger partial charge >= 0.3 is 0 Å². The van der Waals surface area contributed by atoms with Crippen molar-refractivity contribution in [3.05, 3.63) is 70.1 Å². The molecule has 1 aromatic heterocycles. The standard InChI is InChI=1S/C20H21N5O3/c1-15-5-7-16(8-6-15)20-21-19(28-22-20)14-23-9-11-24(12-10-23)17-3-2-4-18(13-17)25(26)27/h2-8,13H,9-12,14H2,1H3. The Bertz CT molecular complexity index is 962. The highest BCUT2D eigenvalue weighted by atomic mass is 16.6. The van der Waals surface area contributed by atoms with Crippen LogP contribution in [-0.4, -0.2) is 46.1 Å². The van der Waals surface area contributed by atoms with E-state index in [1.807, 2.05) is 37.3 Å². The molecule has 1 saturated heterocycles. The summed E-state index contributed by atoms with van der Waals surface area (Å²) in [4.78, 5) is 19.5. The Morgan fingerprint density at radius 2 is 1.86 bits per heavy atom. The van der Waals surface area contributed by atoms with Gasteiger partial charge in [-0.1, -0.05) is 41.1 Å². The van der Waals surface area contributed by atoms with Gasteiger partial charge in [0.15, 0.2) is 0 Å². The van der Waals surface area contributed by atoms with Crippen molar-refractivity contribution >= 4 is 11.4 Å². The molecule has 8 heteroatoms. The highest BCUT2D eigenvalue weighted by Gasteiger charge is 2.21. The maximum atomic E-state index is 11.0. The maximum absolute atomic E-state index is 11.0. The third kappa shape index (κ3) is 4.01. The molecule has 1 fully saturated rings. The Balaban J connectivity index is 1.35. The summed E-state index contributed by atoms with van der Waals surface area (Å²) >= 11 is 0. The van der Waals surface area contributed by atoms with E-state index in [4.69, 9.17) is 4.52 Å². The van der Waals surface area contributed by atoms with E-state index in [2.05, 4.69) is 19.9 Å². The normalized spacial score (nSPS) is 15.0. The molecular weight excluding hydrogens is 358 g/mol. The van der Waals surface area contributed by atoms with Crippen LogP contribution in [-0.2, 0) is 6.54 Å². The highest BCUT2D eigenvalue weighted by molar-refractivity contribution is 5.55. The smallest absolute Gasteiger partial charge is 0.271 e. The van der Waals surface area contributed by atoms with E-state index in [1.54, 1.807) is 12.1 Å². The zero-order valence-corrected chi connectivity index (χ0v) is 15.6. The topological polar surface area (TPSA) is 88.5 Å². The van der Waals surface area contributed by atoms with Crippen molar-refractivity contribution in [2.24, 2.45) is 0 Å². The van der Waals surface area contributed by atoms with Crippen LogP contribution in [0.5, 0.6) is 0 Å². The molecule has 0 N–H and O–H groups in total. The van der Waals surface area contributed by atoms with E-state index in [1.165, 1.54) is 11.6 Å². The van der Waals surface area contributed by atoms with Crippen LogP contribution in [0.15, 0.2) is 53.1 Å². The molecule has 1 aliphatic heterocycles. The zero-order chi connectivity index (χ0) is 19.5. The number of non-ortho nitro benzene ring substituents is 1. The van der Waals surface area contributed by atoms with Crippen molar-refractivity contribution in [2.45, 2.75) is 13.5 Å². The largest absolute Gasteiger partial charge is 0.369 e. The average molecular weight is 379 g/mol. The summed E-state index contributed by atoms with van der Waals surface area (Å²) < 4.78 is 5.41. The fourth-order valence-corrected chi connectivity index (χ4v) is 3.30. The van der Waals surface area contributed by atoms with Crippen LogP contribution in [0.2, 0.25) is 0 Å². The molecule has 2 aromatic carbocycles. The number of hydrogen-bond acceptors (Lipinski definition) is 7. The van der Waals surface area contributed by atoms with E-state index in [0.29, 0.717) is 18.3 Å². The summed E-state index contributed by atoms with van der Waals surface area (Å²) in [5, 5.41) is 15.1. The predicted molar refractivity (Wildman–Crippen MR) is 105 cm³/mol. The number of piperazine rings is 1. The molecular formula is C20H21N5O3. The molecule has 144 valence electrons. The van der Waals surface area contributed by atoms with Gasteiger partial charge in [0.1, 0.15) is 0 Å². The molecule has 28 heavy (non-hydrogen) atoms. The second kappa shape index (κ2) is 7.77. The molecule has 3 aromatic rings. The van der Waals surface area contributed by atoms with Gasteiger partial charge in [-0.3, -0.25) is 15.0 Å². The SMILES string of the molecule is Cc1ccc(-c2noc(CN3CCN(c4cccc([N+](=O)[O-])c4)CC3)n2)cc1. The van der Waals surface area contributed by atoms with Crippen LogP contribution in [0.3, 0.4) is 0 Å². The second-order valence-electron chi connectivity index (χ2n) is 6.92. The van der Waals surface area contributed by atoms with Crippen molar-refractivity contribution in [3.63, 3.8) is 0 Å². The van der Waals surface area contributed by atoms with Crippen LogP contribution in [0.4, 0.5) is 11.4 Å². The number of nitrogens with zero attached hydrogens (tertiary/aromatic N) is 5. The molecule has 0 saturated carbocycles. The Hall–Kier alpha value is -3.26. The van der Waals surface area contributed by atoms with Gasteiger partial charge in [0.25, 0.3) is 5.69 Å². The molecule has 0 spiro atoms. The van der Waals surface area contributed by atoms with Crippen LogP contribution < -0.4 is 4.90 Å². The third-order valence-electron chi connectivity index (χ3n) is 4.91. The molecule has 0 atom stereocenters. The number of aromatic nitrogens is 2. The van der Waals surface area contributed by atoms with Crippen molar-refractivity contribution in [3.8, 4) is 11.4 Å². The lowest BCUT2D eigenvalue weighted by Crippen LogP contribution is -2.46. The number of nitro benzene ring substituents is 1. The zero-order valence-electron chi connectivity index (χ0n) is 15.6. The number of benzene rings is 2. The first-order valence-electron chi connectivity index (χ1n) is 9.20. The van der Waals surface area contributed by atoms with Gasteiger partial charge in [0.05, 0.1) is 11.5 Å². The second-order valence-corrected chi connectivity index (χ2v) is 6.92. The lowest BCUT2D eigenvalue weighted by molar-refractivity contribution is -0.384. The lowest BCUT2D eigenvalue weighted by Gasteiger charge is -2.35. The van der Waals surface area contributed by atoms with E-state index < -0.39 is 0 Å². The first-order chi connectivity index (χ1) is 13.6. The minimum absolute atomic E-state index is 0.120. The first kappa shape index (κ1) is 18.1. The summed E-state index contributed by atoms with van der Waals surface area (Å²) in [5.74, 6) is 1.20. The van der Waals surface area contributed by atoms with Gasteiger partial charge in [0.2, 0.25) is 11.7 Å². The summed E-state index contributed by atoms with van der Waals surface area (Å²) in [7, 11) is 0. The molecule has 1 aliphatic rings. The van der Waals surface area contributed by atoms with Crippen molar-refractivity contribution in [1.29, 1.82) is 0 Å². The summed E-state index contributed by atoms with van der Waals surface area (Å²) in [6.07, 6.45) is 0. The van der Waals surface area contributed by atoms with Gasteiger partial charge in [-0.25, -0.2) is 0 Å². The quantitative estimate of drug-likeness (QED) is 0.496. The fourth-order valence-electron chi connectivity index (χ4n) is 3.30. The van der Waals surface area contributed by atoms with Crippen LogP contribution in [0.1, 0.15) is 11.5 Å². The van der Waals surface area contributed by atoms with Crippen LogP contribution in [0, 0.1) is 17.0 Å². The third-order valence-corrected chi connectivity index (χ3v) is 4.91. The number of nitro groups is 1.